The van der Waals surface area contributed by atoms with Crippen LogP contribution < -0.4 is 0 Å². The molecule has 0 bridgehead atoms. The third-order valence-electron chi connectivity index (χ3n) is 6.56. The molecule has 0 aromatic carbocycles. The van der Waals surface area contributed by atoms with Crippen molar-refractivity contribution in [1.29, 1.82) is 0 Å². The molecule has 3 saturated heterocycles. The first-order valence-electron chi connectivity index (χ1n) is 10.9. The number of aromatic nitrogens is 1. The number of β-amino-alcohol motifs (C(OH)–C–C–N with tert-alkyl or cyclic N) is 1. The van der Waals surface area contributed by atoms with E-state index in [4.69, 9.17) is 9.90 Å². The van der Waals surface area contributed by atoms with Crippen LogP contribution in [0.3, 0.4) is 0 Å². The number of likely N-dealkylation sites (tertiary alicyclic amines) is 3. The van der Waals surface area contributed by atoms with Crippen LogP contribution in [0.5, 0.6) is 0 Å². The molecular weight excluding hydrogens is 400 g/mol. The number of nitrogens with zero attached hydrogens (tertiary/aromatic N) is 4. The molecule has 4 heterocycles. The van der Waals surface area contributed by atoms with Gasteiger partial charge in [0.2, 0.25) is 5.91 Å². The Morgan fingerprint density at radius 2 is 1.84 bits per heavy atom. The van der Waals surface area contributed by atoms with Gasteiger partial charge in [-0.2, -0.15) is 0 Å². The molecular formula is C22H32N4O5. The van der Waals surface area contributed by atoms with E-state index in [9.17, 15) is 14.7 Å². The summed E-state index contributed by atoms with van der Waals surface area (Å²) >= 11 is 0. The molecule has 1 spiro atoms. The van der Waals surface area contributed by atoms with Crippen molar-refractivity contribution in [3.8, 4) is 0 Å². The maximum Gasteiger partial charge on any atom is 0.290 e. The minimum Gasteiger partial charge on any atom is -0.483 e. The molecule has 9 heteroatoms. The van der Waals surface area contributed by atoms with Crippen molar-refractivity contribution in [2.45, 2.75) is 38.2 Å². The first-order valence-corrected chi connectivity index (χ1v) is 10.9. The van der Waals surface area contributed by atoms with Crippen LogP contribution >= 0.6 is 0 Å². The van der Waals surface area contributed by atoms with Crippen molar-refractivity contribution >= 4 is 18.3 Å². The van der Waals surface area contributed by atoms with E-state index in [-0.39, 0.29) is 23.7 Å². The Labute approximate surface area is 182 Å². The number of rotatable bonds is 3. The Morgan fingerprint density at radius 1 is 1.16 bits per heavy atom. The van der Waals surface area contributed by atoms with Gasteiger partial charge in [-0.3, -0.25) is 24.3 Å². The first kappa shape index (κ1) is 23.1. The smallest absolute Gasteiger partial charge is 0.290 e. The molecule has 3 aliphatic rings. The van der Waals surface area contributed by atoms with Crippen LogP contribution in [0.25, 0.3) is 0 Å². The second kappa shape index (κ2) is 10.7. The molecule has 2 N–H and O–H groups in total. The van der Waals surface area contributed by atoms with Gasteiger partial charge in [0, 0.05) is 38.6 Å². The fraction of sp³-hybridized carbons (Fsp3) is 0.636. The van der Waals surface area contributed by atoms with Gasteiger partial charge in [0.15, 0.2) is 0 Å². The molecule has 1 aromatic heterocycles. The summed E-state index contributed by atoms with van der Waals surface area (Å²) in [6, 6.07) is 3.52. The Balaban J connectivity index is 0.000000858. The summed E-state index contributed by atoms with van der Waals surface area (Å²) in [5.74, 6) is 0.148. The number of carbonyl (C=O) groups excluding carboxylic acids is 2. The monoisotopic (exact) mass is 432 g/mol. The lowest BCUT2D eigenvalue weighted by Crippen LogP contribution is -2.56. The number of carboxylic acid groups (broad SMARTS) is 1. The predicted octanol–water partition coefficient (Wildman–Crippen LogP) is 0.694. The van der Waals surface area contributed by atoms with E-state index in [1.807, 2.05) is 4.90 Å². The van der Waals surface area contributed by atoms with E-state index in [1.165, 1.54) is 12.8 Å². The molecule has 0 radical (unpaired) electrons. The van der Waals surface area contributed by atoms with E-state index in [0.29, 0.717) is 44.7 Å². The number of piperidine rings is 2. The molecule has 3 fully saturated rings. The van der Waals surface area contributed by atoms with E-state index in [2.05, 4.69) is 9.88 Å². The maximum atomic E-state index is 12.8. The van der Waals surface area contributed by atoms with Crippen LogP contribution in [-0.2, 0) is 9.59 Å². The summed E-state index contributed by atoms with van der Waals surface area (Å²) < 4.78 is 0. The molecule has 1 aromatic rings. The van der Waals surface area contributed by atoms with Gasteiger partial charge in [-0.15, -0.1) is 0 Å². The summed E-state index contributed by atoms with van der Waals surface area (Å²) in [7, 11) is 0. The lowest BCUT2D eigenvalue weighted by molar-refractivity contribution is -0.135. The summed E-state index contributed by atoms with van der Waals surface area (Å²) in [5, 5.41) is 17.3. The lowest BCUT2D eigenvalue weighted by Gasteiger charge is -2.49. The van der Waals surface area contributed by atoms with Gasteiger partial charge in [0.05, 0.1) is 18.2 Å². The van der Waals surface area contributed by atoms with Crippen molar-refractivity contribution in [3.63, 3.8) is 0 Å². The molecule has 0 saturated carbocycles. The predicted molar refractivity (Wildman–Crippen MR) is 113 cm³/mol. The maximum absolute atomic E-state index is 12.8. The highest BCUT2D eigenvalue weighted by atomic mass is 16.3. The number of hydrogen-bond acceptors (Lipinski definition) is 6. The Morgan fingerprint density at radius 3 is 2.45 bits per heavy atom. The fourth-order valence-corrected chi connectivity index (χ4v) is 5.00. The van der Waals surface area contributed by atoms with Crippen LogP contribution in [0.2, 0.25) is 0 Å². The molecule has 4 rings (SSSR count). The largest absolute Gasteiger partial charge is 0.483 e. The highest BCUT2D eigenvalue weighted by Gasteiger charge is 2.43. The van der Waals surface area contributed by atoms with Crippen molar-refractivity contribution < 1.29 is 24.6 Å². The van der Waals surface area contributed by atoms with E-state index in [1.54, 1.807) is 29.4 Å². The van der Waals surface area contributed by atoms with Crippen LogP contribution in [0.1, 0.15) is 42.5 Å². The Hall–Kier alpha value is -2.52. The topological polar surface area (TPSA) is 114 Å². The van der Waals surface area contributed by atoms with E-state index < -0.39 is 6.10 Å². The standard InChI is InChI=1S/C21H30N4O3.CH2O2/c26-18-12-21(16-25(14-18)20(28)17-4-3-7-22-13-17)5-10-24(11-6-21)19(27)15-23-8-1-2-9-23;2-1-3/h3-4,7,13,18,26H,1-2,5-6,8-12,14-16H2;1H,(H,2,3). The van der Waals surface area contributed by atoms with Gasteiger partial charge in [-0.25, -0.2) is 0 Å². The van der Waals surface area contributed by atoms with Crippen molar-refractivity contribution in [1.82, 2.24) is 19.7 Å². The average Bonchev–Trinajstić information content (AvgIpc) is 3.27. The minimum absolute atomic E-state index is 0.0706. The zero-order valence-electron chi connectivity index (χ0n) is 17.9. The normalized spacial score (nSPS) is 23.2. The highest BCUT2D eigenvalue weighted by molar-refractivity contribution is 5.94. The molecule has 1 atom stereocenters. The Bertz CT molecular complexity index is 746. The second-order valence-corrected chi connectivity index (χ2v) is 8.75. The minimum atomic E-state index is -0.513. The quantitative estimate of drug-likeness (QED) is 0.676. The summed E-state index contributed by atoms with van der Waals surface area (Å²) in [4.78, 5) is 43.8. The molecule has 3 aliphatic heterocycles. The van der Waals surface area contributed by atoms with Gasteiger partial charge in [0.25, 0.3) is 12.4 Å². The van der Waals surface area contributed by atoms with Crippen LogP contribution in [0.4, 0.5) is 0 Å². The zero-order valence-corrected chi connectivity index (χ0v) is 17.9. The number of pyridine rings is 1. The van der Waals surface area contributed by atoms with Gasteiger partial charge in [-0.1, -0.05) is 0 Å². The van der Waals surface area contributed by atoms with Gasteiger partial charge >= 0.3 is 0 Å². The lowest BCUT2D eigenvalue weighted by atomic mass is 9.71. The third-order valence-corrected chi connectivity index (χ3v) is 6.56. The number of hydrogen-bond donors (Lipinski definition) is 2. The summed E-state index contributed by atoms with van der Waals surface area (Å²) in [5.41, 5.74) is 0.463. The molecule has 2 amide bonds. The van der Waals surface area contributed by atoms with Gasteiger partial charge < -0.3 is 20.0 Å². The summed E-state index contributed by atoms with van der Waals surface area (Å²) in [6.07, 6.45) is 7.48. The molecule has 9 nitrogen and oxygen atoms in total. The summed E-state index contributed by atoms with van der Waals surface area (Å²) in [6.45, 7) is 4.78. The molecule has 1 unspecified atom stereocenters. The number of amides is 2. The highest BCUT2D eigenvalue weighted by Crippen LogP contribution is 2.40. The average molecular weight is 433 g/mol. The zero-order chi connectivity index (χ0) is 22.3. The fourth-order valence-electron chi connectivity index (χ4n) is 5.00. The number of aliphatic hydroxyl groups is 1. The van der Waals surface area contributed by atoms with Crippen LogP contribution in [0, 0.1) is 5.41 Å². The second-order valence-electron chi connectivity index (χ2n) is 8.75. The van der Waals surface area contributed by atoms with Crippen LogP contribution in [-0.4, -0.2) is 100 Å². The number of carbonyl (C=O) groups is 3. The van der Waals surface area contributed by atoms with Gasteiger partial charge in [0.1, 0.15) is 0 Å². The number of aliphatic hydroxyl groups excluding tert-OH is 1. The first-order chi connectivity index (χ1) is 15.0. The van der Waals surface area contributed by atoms with Crippen molar-refractivity contribution in [2.75, 3.05) is 45.8 Å². The third kappa shape index (κ3) is 6.01. The molecule has 0 aliphatic carbocycles. The van der Waals surface area contributed by atoms with E-state index in [0.717, 1.165) is 25.9 Å². The van der Waals surface area contributed by atoms with E-state index >= 15 is 0 Å². The Kier molecular flexibility index (Phi) is 7.97. The SMILES string of the molecule is O=C(CN1CCCC1)N1CCC2(CC1)CC(O)CN(C(=O)c1cccnc1)C2.O=CO. The molecule has 170 valence electrons. The van der Waals surface area contributed by atoms with Crippen molar-refractivity contribution in [2.24, 2.45) is 5.41 Å². The molecule has 31 heavy (non-hydrogen) atoms. The van der Waals surface area contributed by atoms with Gasteiger partial charge in [-0.05, 0) is 62.7 Å². The van der Waals surface area contributed by atoms with Crippen LogP contribution in [0.15, 0.2) is 24.5 Å². The van der Waals surface area contributed by atoms with Crippen molar-refractivity contribution in [3.05, 3.63) is 30.1 Å².